The van der Waals surface area contributed by atoms with Gasteiger partial charge in [0.15, 0.2) is 0 Å². The van der Waals surface area contributed by atoms with E-state index in [1.54, 1.807) is 0 Å². The van der Waals surface area contributed by atoms with Crippen LogP contribution in [0, 0.1) is 5.92 Å². The summed E-state index contributed by atoms with van der Waals surface area (Å²) in [5.74, 6) is 1.88. The Morgan fingerprint density at radius 1 is 1.40 bits per heavy atom. The van der Waals surface area contributed by atoms with Crippen LogP contribution in [0.2, 0.25) is 0 Å². The molecule has 2 N–H and O–H groups in total. The zero-order chi connectivity index (χ0) is 10.5. The molecule has 0 aliphatic heterocycles. The van der Waals surface area contributed by atoms with Crippen molar-refractivity contribution in [3.63, 3.8) is 0 Å². The zero-order valence-corrected chi connectivity index (χ0v) is 9.29. The quantitative estimate of drug-likeness (QED) is 0.749. The number of hydrogen-bond donors (Lipinski definition) is 2. The predicted octanol–water partition coefficient (Wildman–Crippen LogP) is 2.73. The molecule has 1 aromatic rings. The lowest BCUT2D eigenvalue weighted by Crippen LogP contribution is -2.05. The molecular formula is C12H19N3. The van der Waals surface area contributed by atoms with Crippen LogP contribution in [-0.4, -0.2) is 18.1 Å². The number of rotatable bonds is 6. The minimum atomic E-state index is 0.908. The van der Waals surface area contributed by atoms with Crippen LogP contribution in [0.15, 0.2) is 18.3 Å². The number of anilines is 2. The predicted molar refractivity (Wildman–Crippen MR) is 64.2 cm³/mol. The summed E-state index contributed by atoms with van der Waals surface area (Å²) < 4.78 is 0. The second-order valence-electron chi connectivity index (χ2n) is 4.18. The SMILES string of the molecule is CCCNc1cc(NCC2CC2)ccn1. The van der Waals surface area contributed by atoms with Gasteiger partial charge in [-0.3, -0.25) is 0 Å². The molecule has 1 aliphatic carbocycles. The summed E-state index contributed by atoms with van der Waals surface area (Å²) >= 11 is 0. The Hall–Kier alpha value is -1.25. The van der Waals surface area contributed by atoms with Crippen molar-refractivity contribution < 1.29 is 0 Å². The highest BCUT2D eigenvalue weighted by Crippen LogP contribution is 2.29. The average Bonchev–Trinajstić information content (AvgIpc) is 3.08. The minimum absolute atomic E-state index is 0.908. The van der Waals surface area contributed by atoms with Crippen LogP contribution < -0.4 is 10.6 Å². The van der Waals surface area contributed by atoms with Gasteiger partial charge in [-0.15, -0.1) is 0 Å². The van der Waals surface area contributed by atoms with E-state index in [2.05, 4.69) is 28.6 Å². The van der Waals surface area contributed by atoms with E-state index < -0.39 is 0 Å². The van der Waals surface area contributed by atoms with Crippen LogP contribution in [0.1, 0.15) is 26.2 Å². The third-order valence-corrected chi connectivity index (χ3v) is 2.61. The monoisotopic (exact) mass is 205 g/mol. The molecule has 0 radical (unpaired) electrons. The maximum atomic E-state index is 4.27. The molecule has 3 nitrogen and oxygen atoms in total. The summed E-state index contributed by atoms with van der Waals surface area (Å²) in [4.78, 5) is 4.27. The Balaban J connectivity index is 1.85. The largest absolute Gasteiger partial charge is 0.385 e. The van der Waals surface area contributed by atoms with E-state index in [1.165, 1.54) is 18.5 Å². The van der Waals surface area contributed by atoms with Crippen molar-refractivity contribution in [2.45, 2.75) is 26.2 Å². The van der Waals surface area contributed by atoms with Crippen molar-refractivity contribution in [1.29, 1.82) is 0 Å². The summed E-state index contributed by atoms with van der Waals surface area (Å²) in [5.41, 5.74) is 1.18. The van der Waals surface area contributed by atoms with Gasteiger partial charge in [0, 0.05) is 31.0 Å². The molecule has 1 saturated carbocycles. The molecular weight excluding hydrogens is 186 g/mol. The highest BCUT2D eigenvalue weighted by molar-refractivity contribution is 5.51. The normalized spacial score (nSPS) is 15.0. The fraction of sp³-hybridized carbons (Fsp3) is 0.583. The van der Waals surface area contributed by atoms with Crippen molar-refractivity contribution in [3.8, 4) is 0 Å². The maximum Gasteiger partial charge on any atom is 0.127 e. The van der Waals surface area contributed by atoms with Gasteiger partial charge in [-0.2, -0.15) is 0 Å². The van der Waals surface area contributed by atoms with Crippen molar-refractivity contribution in [1.82, 2.24) is 4.98 Å². The molecule has 2 rings (SSSR count). The van der Waals surface area contributed by atoms with Gasteiger partial charge < -0.3 is 10.6 Å². The van der Waals surface area contributed by atoms with E-state index in [-0.39, 0.29) is 0 Å². The lowest BCUT2D eigenvalue weighted by Gasteiger charge is -2.08. The van der Waals surface area contributed by atoms with Crippen LogP contribution in [0.3, 0.4) is 0 Å². The van der Waals surface area contributed by atoms with E-state index >= 15 is 0 Å². The van der Waals surface area contributed by atoms with E-state index in [0.717, 1.165) is 31.2 Å². The van der Waals surface area contributed by atoms with Crippen molar-refractivity contribution >= 4 is 11.5 Å². The van der Waals surface area contributed by atoms with Crippen LogP contribution in [-0.2, 0) is 0 Å². The van der Waals surface area contributed by atoms with Gasteiger partial charge in [0.1, 0.15) is 5.82 Å². The average molecular weight is 205 g/mol. The first-order chi connectivity index (χ1) is 7.38. The molecule has 0 aromatic carbocycles. The molecule has 0 amide bonds. The van der Waals surface area contributed by atoms with Gasteiger partial charge in [-0.1, -0.05) is 6.92 Å². The summed E-state index contributed by atoms with van der Waals surface area (Å²) in [5, 5.41) is 6.73. The first-order valence-corrected chi connectivity index (χ1v) is 5.82. The van der Waals surface area contributed by atoms with Crippen LogP contribution >= 0.6 is 0 Å². The van der Waals surface area contributed by atoms with E-state index in [4.69, 9.17) is 0 Å². The lowest BCUT2D eigenvalue weighted by molar-refractivity contribution is 0.888. The third kappa shape index (κ3) is 3.42. The van der Waals surface area contributed by atoms with E-state index in [1.807, 2.05) is 12.3 Å². The van der Waals surface area contributed by atoms with Gasteiger partial charge in [-0.05, 0) is 31.2 Å². The number of nitrogens with zero attached hydrogens (tertiary/aromatic N) is 1. The summed E-state index contributed by atoms with van der Waals surface area (Å²) in [6.45, 7) is 4.25. The van der Waals surface area contributed by atoms with Gasteiger partial charge in [0.2, 0.25) is 0 Å². The lowest BCUT2D eigenvalue weighted by atomic mass is 10.3. The molecule has 0 spiro atoms. The molecule has 1 heterocycles. The molecule has 0 bridgehead atoms. The Labute approximate surface area is 91.3 Å². The standard InChI is InChI=1S/C12H19N3/c1-2-6-13-12-8-11(5-7-14-12)15-9-10-3-4-10/h5,7-8,10H,2-4,6,9H2,1H3,(H2,13,14,15). The van der Waals surface area contributed by atoms with Crippen molar-refractivity contribution in [2.24, 2.45) is 5.92 Å². The zero-order valence-electron chi connectivity index (χ0n) is 9.29. The van der Waals surface area contributed by atoms with E-state index in [9.17, 15) is 0 Å². The summed E-state index contributed by atoms with van der Waals surface area (Å²) in [6, 6.07) is 4.11. The number of aromatic nitrogens is 1. The smallest absolute Gasteiger partial charge is 0.127 e. The Morgan fingerprint density at radius 2 is 2.27 bits per heavy atom. The first-order valence-electron chi connectivity index (χ1n) is 5.82. The highest BCUT2D eigenvalue weighted by atomic mass is 15.0. The summed E-state index contributed by atoms with van der Waals surface area (Å²) in [7, 11) is 0. The van der Waals surface area contributed by atoms with E-state index in [0.29, 0.717) is 0 Å². The Bertz CT molecular complexity index is 307. The van der Waals surface area contributed by atoms with Crippen LogP contribution in [0.25, 0.3) is 0 Å². The molecule has 1 aromatic heterocycles. The molecule has 0 atom stereocenters. The highest BCUT2D eigenvalue weighted by Gasteiger charge is 2.20. The Kier molecular flexibility index (Phi) is 3.43. The molecule has 0 unspecified atom stereocenters. The second kappa shape index (κ2) is 5.01. The van der Waals surface area contributed by atoms with Gasteiger partial charge >= 0.3 is 0 Å². The molecule has 1 aliphatic rings. The third-order valence-electron chi connectivity index (χ3n) is 2.61. The first kappa shape index (κ1) is 10.3. The fourth-order valence-electron chi connectivity index (χ4n) is 1.47. The minimum Gasteiger partial charge on any atom is -0.385 e. The molecule has 0 saturated heterocycles. The topological polar surface area (TPSA) is 37.0 Å². The van der Waals surface area contributed by atoms with Gasteiger partial charge in [-0.25, -0.2) is 4.98 Å². The van der Waals surface area contributed by atoms with Crippen molar-refractivity contribution in [2.75, 3.05) is 23.7 Å². The second-order valence-corrected chi connectivity index (χ2v) is 4.18. The Morgan fingerprint density at radius 3 is 3.00 bits per heavy atom. The number of pyridine rings is 1. The van der Waals surface area contributed by atoms with Gasteiger partial charge in [0.25, 0.3) is 0 Å². The fourth-order valence-corrected chi connectivity index (χ4v) is 1.47. The number of hydrogen-bond acceptors (Lipinski definition) is 3. The van der Waals surface area contributed by atoms with Crippen LogP contribution in [0.4, 0.5) is 11.5 Å². The molecule has 3 heteroatoms. The van der Waals surface area contributed by atoms with Crippen LogP contribution in [0.5, 0.6) is 0 Å². The molecule has 1 fully saturated rings. The summed E-state index contributed by atoms with van der Waals surface area (Å²) in [6.07, 6.45) is 5.76. The molecule has 82 valence electrons. The number of nitrogens with one attached hydrogen (secondary N) is 2. The van der Waals surface area contributed by atoms with Gasteiger partial charge in [0.05, 0.1) is 0 Å². The molecule has 15 heavy (non-hydrogen) atoms. The van der Waals surface area contributed by atoms with Crippen molar-refractivity contribution in [3.05, 3.63) is 18.3 Å². The maximum absolute atomic E-state index is 4.27.